The van der Waals surface area contributed by atoms with Gasteiger partial charge in [0.1, 0.15) is 6.61 Å². The van der Waals surface area contributed by atoms with Gasteiger partial charge in [-0.3, -0.25) is 4.79 Å². The molecule has 0 radical (unpaired) electrons. The second kappa shape index (κ2) is 7.05. The average Bonchev–Trinajstić information content (AvgIpc) is 2.10. The number of hydrogen-bond donors (Lipinski definition) is 4. The minimum absolute atomic E-state index is 0.0507. The van der Waals surface area contributed by atoms with Crippen molar-refractivity contribution in [3.8, 4) is 0 Å². The second-order valence-electron chi connectivity index (χ2n) is 3.02. The van der Waals surface area contributed by atoms with Crippen LogP contribution in [0.5, 0.6) is 0 Å². The lowest BCUT2D eigenvalue weighted by molar-refractivity contribution is -0.146. The van der Waals surface area contributed by atoms with Gasteiger partial charge in [0.05, 0.1) is 11.4 Å². The fourth-order valence-corrected chi connectivity index (χ4v) is 0.798. The molecule has 6 heteroatoms. The Morgan fingerprint density at radius 1 is 1.36 bits per heavy atom. The molecule has 2 atom stereocenters. The van der Waals surface area contributed by atoms with Crippen LogP contribution in [0, 0.1) is 0 Å². The van der Waals surface area contributed by atoms with Crippen molar-refractivity contribution in [1.82, 2.24) is 0 Å². The fraction of sp³-hybridized carbons (Fsp3) is 0.875. The summed E-state index contributed by atoms with van der Waals surface area (Å²) in [7, 11) is 0. The van der Waals surface area contributed by atoms with E-state index < -0.39 is 23.6 Å². The SMILES string of the molecule is CC(S)C(=O)OCC(O)CCC(O)O. The Morgan fingerprint density at radius 3 is 2.36 bits per heavy atom. The number of aliphatic hydroxyl groups excluding tert-OH is 2. The first-order valence-electron chi connectivity index (χ1n) is 4.32. The van der Waals surface area contributed by atoms with Gasteiger partial charge < -0.3 is 20.1 Å². The highest BCUT2D eigenvalue weighted by atomic mass is 32.1. The topological polar surface area (TPSA) is 87.0 Å². The van der Waals surface area contributed by atoms with Crippen LogP contribution >= 0.6 is 12.6 Å². The number of ether oxygens (including phenoxy) is 1. The number of hydrogen-bond acceptors (Lipinski definition) is 6. The van der Waals surface area contributed by atoms with Crippen LogP contribution in [-0.2, 0) is 9.53 Å². The maximum atomic E-state index is 10.9. The fourth-order valence-electron chi connectivity index (χ4n) is 0.724. The van der Waals surface area contributed by atoms with E-state index in [9.17, 15) is 9.90 Å². The highest BCUT2D eigenvalue weighted by Crippen LogP contribution is 2.02. The summed E-state index contributed by atoms with van der Waals surface area (Å²) in [4.78, 5) is 10.9. The van der Waals surface area contributed by atoms with Crippen molar-refractivity contribution in [3.63, 3.8) is 0 Å². The standard InChI is InChI=1S/C8H16O5S/c1-5(14)8(12)13-4-6(9)2-3-7(10)11/h5-7,9-11,14H,2-4H2,1H3. The highest BCUT2D eigenvalue weighted by Gasteiger charge is 2.13. The Kier molecular flexibility index (Phi) is 6.90. The van der Waals surface area contributed by atoms with Gasteiger partial charge in [0.25, 0.3) is 0 Å². The van der Waals surface area contributed by atoms with Crippen LogP contribution in [0.2, 0.25) is 0 Å². The number of aliphatic hydroxyl groups is 3. The van der Waals surface area contributed by atoms with E-state index in [0.717, 1.165) is 0 Å². The van der Waals surface area contributed by atoms with E-state index in [-0.39, 0.29) is 19.4 Å². The molecule has 0 heterocycles. The molecule has 0 aromatic carbocycles. The maximum absolute atomic E-state index is 10.9. The molecule has 0 rings (SSSR count). The summed E-state index contributed by atoms with van der Waals surface area (Å²) >= 11 is 3.84. The second-order valence-corrected chi connectivity index (χ2v) is 3.79. The van der Waals surface area contributed by atoms with E-state index in [1.165, 1.54) is 0 Å². The molecule has 0 aromatic rings. The summed E-state index contributed by atoms with van der Waals surface area (Å²) in [5.41, 5.74) is 0. The normalized spacial score (nSPS) is 15.3. The first-order valence-corrected chi connectivity index (χ1v) is 4.84. The Hall–Kier alpha value is -0.300. The maximum Gasteiger partial charge on any atom is 0.318 e. The third-order valence-electron chi connectivity index (χ3n) is 1.52. The summed E-state index contributed by atoms with van der Waals surface area (Å²) in [6.07, 6.45) is -2.09. The van der Waals surface area contributed by atoms with Crippen molar-refractivity contribution < 1.29 is 24.9 Å². The number of carbonyl (C=O) groups excluding carboxylic acids is 1. The van der Waals surface area contributed by atoms with Gasteiger partial charge >= 0.3 is 5.97 Å². The van der Waals surface area contributed by atoms with Gasteiger partial charge in [-0.2, -0.15) is 12.6 Å². The van der Waals surface area contributed by atoms with Gasteiger partial charge in [0.2, 0.25) is 0 Å². The van der Waals surface area contributed by atoms with Crippen molar-refractivity contribution in [1.29, 1.82) is 0 Å². The monoisotopic (exact) mass is 224 g/mol. The molecule has 0 fully saturated rings. The molecule has 0 spiro atoms. The first-order chi connectivity index (χ1) is 6.43. The predicted molar refractivity (Wildman–Crippen MR) is 52.9 cm³/mol. The molecule has 0 saturated carbocycles. The lowest BCUT2D eigenvalue weighted by Gasteiger charge is -2.12. The highest BCUT2D eigenvalue weighted by molar-refractivity contribution is 7.81. The summed E-state index contributed by atoms with van der Waals surface area (Å²) in [6, 6.07) is 0. The summed E-state index contributed by atoms with van der Waals surface area (Å²) in [5, 5.41) is 25.7. The third kappa shape index (κ3) is 7.14. The molecule has 0 saturated heterocycles. The Balaban J connectivity index is 3.53. The number of esters is 1. The van der Waals surface area contributed by atoms with Crippen LogP contribution in [0.25, 0.3) is 0 Å². The zero-order valence-electron chi connectivity index (χ0n) is 7.96. The first kappa shape index (κ1) is 13.7. The third-order valence-corrected chi connectivity index (χ3v) is 1.73. The number of rotatable bonds is 6. The predicted octanol–water partition coefficient (Wildman–Crippen LogP) is -0.700. The molecule has 3 N–H and O–H groups in total. The van der Waals surface area contributed by atoms with Crippen LogP contribution in [0.4, 0.5) is 0 Å². The summed E-state index contributed by atoms with van der Waals surface area (Å²) in [6.45, 7) is 1.42. The molecule has 2 unspecified atom stereocenters. The van der Waals surface area contributed by atoms with E-state index in [1.54, 1.807) is 6.92 Å². The van der Waals surface area contributed by atoms with Gasteiger partial charge in [-0.15, -0.1) is 0 Å². The minimum Gasteiger partial charge on any atom is -0.462 e. The average molecular weight is 224 g/mol. The largest absolute Gasteiger partial charge is 0.462 e. The smallest absolute Gasteiger partial charge is 0.318 e. The molecule has 0 aliphatic rings. The Bertz CT molecular complexity index is 171. The van der Waals surface area contributed by atoms with Crippen LogP contribution in [0.15, 0.2) is 0 Å². The molecule has 0 aliphatic heterocycles. The minimum atomic E-state index is -1.44. The van der Waals surface area contributed by atoms with E-state index in [2.05, 4.69) is 17.4 Å². The van der Waals surface area contributed by atoms with E-state index in [4.69, 9.17) is 10.2 Å². The van der Waals surface area contributed by atoms with Crippen LogP contribution in [0.1, 0.15) is 19.8 Å². The zero-order valence-corrected chi connectivity index (χ0v) is 8.85. The van der Waals surface area contributed by atoms with Crippen LogP contribution in [0.3, 0.4) is 0 Å². The zero-order chi connectivity index (χ0) is 11.1. The van der Waals surface area contributed by atoms with Crippen molar-refractivity contribution in [3.05, 3.63) is 0 Å². The molecule has 0 amide bonds. The van der Waals surface area contributed by atoms with Crippen LogP contribution in [-0.4, -0.2) is 45.5 Å². The molecule has 14 heavy (non-hydrogen) atoms. The van der Waals surface area contributed by atoms with Crippen molar-refractivity contribution in [2.75, 3.05) is 6.61 Å². The van der Waals surface area contributed by atoms with E-state index in [1.807, 2.05) is 0 Å². The molecule has 84 valence electrons. The van der Waals surface area contributed by atoms with Crippen molar-refractivity contribution in [2.24, 2.45) is 0 Å². The van der Waals surface area contributed by atoms with Gasteiger partial charge in [-0.25, -0.2) is 0 Å². The van der Waals surface area contributed by atoms with E-state index >= 15 is 0 Å². The molecular formula is C8H16O5S. The molecular weight excluding hydrogens is 208 g/mol. The lowest BCUT2D eigenvalue weighted by Crippen LogP contribution is -2.23. The molecule has 0 bridgehead atoms. The Labute approximate surface area is 88.1 Å². The van der Waals surface area contributed by atoms with Crippen molar-refractivity contribution in [2.45, 2.75) is 37.4 Å². The van der Waals surface area contributed by atoms with Crippen LogP contribution < -0.4 is 0 Å². The summed E-state index contributed by atoms with van der Waals surface area (Å²) in [5.74, 6) is -0.503. The lowest BCUT2D eigenvalue weighted by atomic mass is 10.2. The van der Waals surface area contributed by atoms with Gasteiger partial charge in [-0.05, 0) is 13.3 Å². The molecule has 5 nitrogen and oxygen atoms in total. The molecule has 0 aromatic heterocycles. The number of carbonyl (C=O) groups is 1. The van der Waals surface area contributed by atoms with Gasteiger partial charge in [0.15, 0.2) is 6.29 Å². The van der Waals surface area contributed by atoms with E-state index in [0.29, 0.717) is 0 Å². The van der Waals surface area contributed by atoms with Gasteiger partial charge in [0, 0.05) is 6.42 Å². The Morgan fingerprint density at radius 2 is 1.93 bits per heavy atom. The summed E-state index contributed by atoms with van der Waals surface area (Å²) < 4.78 is 4.67. The quantitative estimate of drug-likeness (QED) is 0.272. The van der Waals surface area contributed by atoms with Crippen molar-refractivity contribution >= 4 is 18.6 Å². The number of thiol groups is 1. The van der Waals surface area contributed by atoms with Gasteiger partial charge in [-0.1, -0.05) is 0 Å². The molecule has 0 aliphatic carbocycles.